The Morgan fingerprint density at radius 2 is 1.58 bits per heavy atom. The average molecular weight is 195 g/mol. The third kappa shape index (κ3) is 54.7. The molecule has 0 N–H and O–H groups in total. The van der Waals surface area contributed by atoms with Crippen molar-refractivity contribution in [3.63, 3.8) is 0 Å². The normalized spacial score (nSPS) is 11.4. The van der Waals surface area contributed by atoms with E-state index in [-0.39, 0.29) is 0 Å². The van der Waals surface area contributed by atoms with Crippen LogP contribution in [-0.4, -0.2) is 51.4 Å². The van der Waals surface area contributed by atoms with Crippen LogP contribution in [0.2, 0.25) is 0 Å². The van der Waals surface area contributed by atoms with Crippen LogP contribution >= 0.6 is 0 Å². The monoisotopic (exact) mass is 195 g/mol. The largest absolute Gasteiger partial charge is 0.748 e. The Morgan fingerprint density at radius 1 is 1.33 bits per heavy atom. The van der Waals surface area contributed by atoms with Gasteiger partial charge in [0.1, 0.15) is 0 Å². The molecule has 0 aromatic heterocycles. The van der Waals surface area contributed by atoms with Crippen molar-refractivity contribution in [2.45, 2.75) is 0 Å². The maximum atomic E-state index is 9.60. The zero-order valence-corrected chi connectivity index (χ0v) is 8.89. The topological polar surface area (TPSA) is 57.2 Å². The van der Waals surface area contributed by atoms with E-state index in [2.05, 4.69) is 34.8 Å². The zero-order valence-electron chi connectivity index (χ0n) is 8.07. The summed E-state index contributed by atoms with van der Waals surface area (Å²) in [6, 6.07) is 0. The third-order valence-corrected chi connectivity index (χ3v) is 0.966. The van der Waals surface area contributed by atoms with Gasteiger partial charge in [0, 0.05) is 0 Å². The van der Waals surface area contributed by atoms with E-state index in [0.29, 0.717) is 0 Å². The van der Waals surface area contributed by atoms with Crippen LogP contribution < -0.4 is 0 Å². The van der Waals surface area contributed by atoms with Crippen LogP contribution in [-0.2, 0) is 10.1 Å². The fraction of sp³-hybridized carbons (Fsp3) is 0.714. The molecule has 0 amide bonds. The van der Waals surface area contributed by atoms with Gasteiger partial charge in [0.25, 0.3) is 0 Å². The van der Waals surface area contributed by atoms with Crippen molar-refractivity contribution in [1.29, 1.82) is 0 Å². The summed E-state index contributed by atoms with van der Waals surface area (Å²) in [6.07, 6.45) is 1.06. The van der Waals surface area contributed by atoms with E-state index in [0.717, 1.165) is 10.6 Å². The Labute approximate surface area is 74.8 Å². The van der Waals surface area contributed by atoms with Crippen LogP contribution in [0.5, 0.6) is 0 Å². The fourth-order valence-corrected chi connectivity index (χ4v) is 0.433. The van der Waals surface area contributed by atoms with Gasteiger partial charge in [-0.3, -0.25) is 0 Å². The van der Waals surface area contributed by atoms with Gasteiger partial charge >= 0.3 is 0 Å². The van der Waals surface area contributed by atoms with Crippen LogP contribution in [0.15, 0.2) is 12.7 Å². The molecule has 0 aliphatic rings. The quantitative estimate of drug-likeness (QED) is 0.355. The van der Waals surface area contributed by atoms with E-state index in [4.69, 9.17) is 0 Å². The van der Waals surface area contributed by atoms with E-state index in [9.17, 15) is 13.0 Å². The molecule has 0 aliphatic heterocycles. The molecule has 0 radical (unpaired) electrons. The lowest BCUT2D eigenvalue weighted by atomic mass is 10.8. The van der Waals surface area contributed by atoms with Crippen LogP contribution in [0.1, 0.15) is 0 Å². The number of quaternary nitrogens is 1. The van der Waals surface area contributed by atoms with Crippen molar-refractivity contribution in [2.75, 3.05) is 33.9 Å². The average Bonchev–Trinajstić information content (AvgIpc) is 1.54. The van der Waals surface area contributed by atoms with Gasteiger partial charge < -0.3 is 9.04 Å². The van der Waals surface area contributed by atoms with E-state index in [1.165, 1.54) is 0 Å². The number of hydrogen-bond acceptors (Lipinski definition) is 3. The minimum Gasteiger partial charge on any atom is -0.748 e. The summed E-state index contributed by atoms with van der Waals surface area (Å²) in [4.78, 5) is 0. The van der Waals surface area contributed by atoms with Gasteiger partial charge in [-0.15, -0.1) is 6.58 Å². The van der Waals surface area contributed by atoms with Crippen molar-refractivity contribution < 1.29 is 17.5 Å². The first kappa shape index (κ1) is 14.2. The molecule has 0 aromatic rings. The second-order valence-electron chi connectivity index (χ2n) is 3.70. The Kier molecular flexibility index (Phi) is 6.24. The SMILES string of the molecule is C=CCS(=O)(=O)[O-].C[N+](C)(C)C. The minimum atomic E-state index is -4.04. The second kappa shape index (κ2) is 5.29. The van der Waals surface area contributed by atoms with Crippen LogP contribution in [0.25, 0.3) is 0 Å². The highest BCUT2D eigenvalue weighted by atomic mass is 32.2. The minimum absolute atomic E-state index is 0.479. The molecule has 0 heterocycles. The predicted molar refractivity (Wildman–Crippen MR) is 48.7 cm³/mol. The molecule has 0 aliphatic carbocycles. The highest BCUT2D eigenvalue weighted by molar-refractivity contribution is 7.85. The zero-order chi connectivity index (χ0) is 10.4. The van der Waals surface area contributed by atoms with Gasteiger partial charge in [0.15, 0.2) is 0 Å². The van der Waals surface area contributed by atoms with Gasteiger partial charge in [-0.2, -0.15) is 0 Å². The molecule has 0 unspecified atom stereocenters. The first-order valence-corrected chi connectivity index (χ1v) is 4.97. The molecule has 74 valence electrons. The summed E-state index contributed by atoms with van der Waals surface area (Å²) < 4.78 is 29.8. The van der Waals surface area contributed by atoms with E-state index in [1.807, 2.05) is 0 Å². The van der Waals surface area contributed by atoms with Crippen molar-refractivity contribution in [1.82, 2.24) is 0 Å². The molecule has 5 heteroatoms. The highest BCUT2D eigenvalue weighted by Crippen LogP contribution is 1.78. The summed E-state index contributed by atoms with van der Waals surface area (Å²) in [7, 11) is 4.46. The van der Waals surface area contributed by atoms with Gasteiger partial charge in [-0.05, 0) is 0 Å². The lowest BCUT2D eigenvalue weighted by molar-refractivity contribution is -0.849. The van der Waals surface area contributed by atoms with Gasteiger partial charge in [-0.1, -0.05) is 6.08 Å². The molecule has 0 bridgehead atoms. The molecule has 0 fully saturated rings. The molecule has 0 saturated carbocycles. The van der Waals surface area contributed by atoms with Crippen molar-refractivity contribution in [3.8, 4) is 0 Å². The number of nitrogens with zero attached hydrogens (tertiary/aromatic N) is 1. The lowest BCUT2D eigenvalue weighted by Gasteiger charge is -2.14. The summed E-state index contributed by atoms with van der Waals surface area (Å²) in [6.45, 7) is 3.07. The first-order chi connectivity index (χ1) is 5.06. The van der Waals surface area contributed by atoms with E-state index >= 15 is 0 Å². The summed E-state index contributed by atoms with van der Waals surface area (Å²) >= 11 is 0. The molecule has 0 spiro atoms. The third-order valence-electron chi connectivity index (χ3n) is 0.322. The molecular weight excluding hydrogens is 178 g/mol. The van der Waals surface area contributed by atoms with Crippen LogP contribution in [0, 0.1) is 0 Å². The van der Waals surface area contributed by atoms with Crippen molar-refractivity contribution in [3.05, 3.63) is 12.7 Å². The van der Waals surface area contributed by atoms with E-state index < -0.39 is 15.9 Å². The Balaban J connectivity index is 0. The summed E-state index contributed by atoms with van der Waals surface area (Å²) in [5.74, 6) is -0.479. The van der Waals surface area contributed by atoms with Crippen LogP contribution in [0.4, 0.5) is 0 Å². The molecular formula is C7H17NO3S. The van der Waals surface area contributed by atoms with Crippen LogP contribution in [0.3, 0.4) is 0 Å². The van der Waals surface area contributed by atoms with Gasteiger partial charge in [0.05, 0.1) is 44.1 Å². The van der Waals surface area contributed by atoms with Crippen molar-refractivity contribution >= 4 is 10.1 Å². The van der Waals surface area contributed by atoms with Gasteiger partial charge in [0.2, 0.25) is 0 Å². The summed E-state index contributed by atoms with van der Waals surface area (Å²) in [5.41, 5.74) is 0. The molecule has 12 heavy (non-hydrogen) atoms. The molecule has 0 atom stereocenters. The maximum absolute atomic E-state index is 9.60. The Morgan fingerprint density at radius 3 is 1.58 bits per heavy atom. The molecule has 0 rings (SSSR count). The smallest absolute Gasteiger partial charge is 0.0982 e. The lowest BCUT2D eigenvalue weighted by Crippen LogP contribution is -2.27. The van der Waals surface area contributed by atoms with Crippen molar-refractivity contribution in [2.24, 2.45) is 0 Å². The van der Waals surface area contributed by atoms with Gasteiger partial charge in [-0.25, -0.2) is 8.42 Å². The predicted octanol–water partition coefficient (Wildman–Crippen LogP) is 0.0400. The number of rotatable bonds is 2. The van der Waals surface area contributed by atoms with E-state index in [1.54, 1.807) is 0 Å². The maximum Gasteiger partial charge on any atom is 0.0982 e. The summed E-state index contributed by atoms with van der Waals surface area (Å²) in [5, 5.41) is 0. The molecule has 0 saturated heterocycles. The second-order valence-corrected chi connectivity index (χ2v) is 5.14. The fourth-order valence-electron chi connectivity index (χ4n) is 0.144. The Hall–Kier alpha value is -0.390. The Bertz CT molecular complexity index is 207. The highest BCUT2D eigenvalue weighted by Gasteiger charge is 1.88. The standard InChI is InChI=1S/C4H12N.C3H6O3S/c1-5(2,3)4;1-2-3-7(4,5)6/h1-4H3;2H,1,3H2,(H,4,5,6)/q+1;/p-1. The molecule has 4 nitrogen and oxygen atoms in total. The molecule has 0 aromatic carbocycles. The first-order valence-electron chi connectivity index (χ1n) is 3.39. The number of hydrogen-bond donors (Lipinski definition) is 0.